The van der Waals surface area contributed by atoms with Crippen molar-refractivity contribution in [3.8, 4) is 11.4 Å². The molecule has 0 saturated carbocycles. The number of carbonyl (C=O) groups is 2. The average molecular weight is 467 g/mol. The van der Waals surface area contributed by atoms with Crippen LogP contribution in [0.1, 0.15) is 20.7 Å². The Kier molecular flexibility index (Phi) is 6.26. The molecule has 11 heteroatoms. The van der Waals surface area contributed by atoms with Gasteiger partial charge in [-0.2, -0.15) is 9.67 Å². The number of alkyl halides is 3. The number of anilines is 2. The van der Waals surface area contributed by atoms with Crippen molar-refractivity contribution in [2.75, 3.05) is 10.6 Å². The summed E-state index contributed by atoms with van der Waals surface area (Å²) in [6, 6.07) is 21.4. The number of aromatic nitrogens is 3. The lowest BCUT2D eigenvalue weighted by Gasteiger charge is -2.10. The van der Waals surface area contributed by atoms with Crippen molar-refractivity contribution in [3.63, 3.8) is 0 Å². The molecule has 0 saturated heterocycles. The van der Waals surface area contributed by atoms with Gasteiger partial charge in [-0.25, -0.2) is 0 Å². The number of halogens is 3. The quantitative estimate of drug-likeness (QED) is 0.430. The number of rotatable bonds is 6. The second-order valence-corrected chi connectivity index (χ2v) is 6.85. The largest absolute Gasteiger partial charge is 0.573 e. The van der Waals surface area contributed by atoms with Crippen LogP contribution in [0.4, 0.5) is 25.1 Å². The summed E-state index contributed by atoms with van der Waals surface area (Å²) >= 11 is 0. The first-order valence-electron chi connectivity index (χ1n) is 9.84. The predicted molar refractivity (Wildman–Crippen MR) is 117 cm³/mol. The summed E-state index contributed by atoms with van der Waals surface area (Å²) in [7, 11) is 0. The molecule has 1 aromatic heterocycles. The Hall–Kier alpha value is -4.67. The maximum Gasteiger partial charge on any atom is 0.573 e. The highest BCUT2D eigenvalue weighted by molar-refractivity contribution is 6.04. The first-order chi connectivity index (χ1) is 16.3. The van der Waals surface area contributed by atoms with Crippen LogP contribution in [0, 0.1) is 0 Å². The molecule has 0 atom stereocenters. The summed E-state index contributed by atoms with van der Waals surface area (Å²) in [6.45, 7) is 0. The molecule has 8 nitrogen and oxygen atoms in total. The van der Waals surface area contributed by atoms with E-state index in [9.17, 15) is 22.8 Å². The Morgan fingerprint density at radius 3 is 1.82 bits per heavy atom. The minimum atomic E-state index is -4.83. The second kappa shape index (κ2) is 9.45. The van der Waals surface area contributed by atoms with E-state index in [1.54, 1.807) is 60.7 Å². The molecule has 4 rings (SSSR count). The number of nitrogens with zero attached hydrogens (tertiary/aromatic N) is 3. The number of nitrogens with one attached hydrogen (secondary N) is 2. The van der Waals surface area contributed by atoms with E-state index in [1.165, 1.54) is 16.8 Å². The van der Waals surface area contributed by atoms with Crippen molar-refractivity contribution in [3.05, 3.63) is 96.1 Å². The third-order valence-electron chi connectivity index (χ3n) is 4.44. The number of hydrogen-bond donors (Lipinski definition) is 2. The van der Waals surface area contributed by atoms with Gasteiger partial charge in [0.2, 0.25) is 5.95 Å². The van der Waals surface area contributed by atoms with Crippen LogP contribution >= 0.6 is 0 Å². The van der Waals surface area contributed by atoms with Crippen LogP contribution in [-0.4, -0.2) is 32.9 Å². The van der Waals surface area contributed by atoms with Crippen molar-refractivity contribution in [1.82, 2.24) is 14.8 Å². The standard InChI is InChI=1S/C23H16F3N5O3/c24-23(25,26)34-18-13-11-17(12-14-18)31-22(28-20(33)16-9-5-2-6-10-16)29-21(30-31)27-19(32)15-7-3-1-4-8-15/h1-14H,(H2,27,28,29,30,32,33). The van der Waals surface area contributed by atoms with Crippen LogP contribution in [0.2, 0.25) is 0 Å². The van der Waals surface area contributed by atoms with E-state index < -0.39 is 23.9 Å². The lowest BCUT2D eigenvalue weighted by atomic mass is 10.2. The average Bonchev–Trinajstić information content (AvgIpc) is 3.21. The van der Waals surface area contributed by atoms with Gasteiger partial charge in [-0.3, -0.25) is 20.2 Å². The first kappa shape index (κ1) is 22.5. The molecule has 0 fully saturated rings. The predicted octanol–water partition coefficient (Wildman–Crippen LogP) is 4.67. The van der Waals surface area contributed by atoms with Crippen molar-refractivity contribution in [2.24, 2.45) is 0 Å². The van der Waals surface area contributed by atoms with Gasteiger partial charge in [-0.1, -0.05) is 36.4 Å². The van der Waals surface area contributed by atoms with Crippen LogP contribution in [-0.2, 0) is 0 Å². The van der Waals surface area contributed by atoms with E-state index in [4.69, 9.17) is 0 Å². The molecular weight excluding hydrogens is 451 g/mol. The monoisotopic (exact) mass is 467 g/mol. The van der Waals surface area contributed by atoms with Crippen molar-refractivity contribution in [2.45, 2.75) is 6.36 Å². The maximum absolute atomic E-state index is 12.6. The number of carbonyl (C=O) groups excluding carboxylic acids is 2. The number of ether oxygens (including phenoxy) is 1. The zero-order valence-corrected chi connectivity index (χ0v) is 17.3. The van der Waals surface area contributed by atoms with Crippen LogP contribution in [0.5, 0.6) is 5.75 Å². The highest BCUT2D eigenvalue weighted by Gasteiger charge is 2.31. The van der Waals surface area contributed by atoms with E-state index in [-0.39, 0.29) is 17.6 Å². The van der Waals surface area contributed by atoms with Crippen LogP contribution < -0.4 is 15.4 Å². The summed E-state index contributed by atoms with van der Waals surface area (Å²) in [6.07, 6.45) is -4.83. The van der Waals surface area contributed by atoms with Gasteiger partial charge in [-0.05, 0) is 48.5 Å². The molecule has 0 aliphatic carbocycles. The highest BCUT2D eigenvalue weighted by Crippen LogP contribution is 2.25. The Morgan fingerprint density at radius 2 is 1.29 bits per heavy atom. The Labute approximate surface area is 191 Å². The third kappa shape index (κ3) is 5.57. The lowest BCUT2D eigenvalue weighted by Crippen LogP contribution is -2.17. The summed E-state index contributed by atoms with van der Waals surface area (Å²) in [5, 5.41) is 9.33. The van der Waals surface area contributed by atoms with Gasteiger partial charge >= 0.3 is 6.36 Å². The van der Waals surface area contributed by atoms with Crippen LogP contribution in [0.3, 0.4) is 0 Å². The molecule has 2 amide bonds. The first-order valence-corrected chi connectivity index (χ1v) is 9.84. The molecule has 0 bridgehead atoms. The van der Waals surface area contributed by atoms with Gasteiger partial charge < -0.3 is 4.74 Å². The Bertz CT molecular complexity index is 1290. The van der Waals surface area contributed by atoms with Gasteiger partial charge in [0, 0.05) is 11.1 Å². The van der Waals surface area contributed by atoms with Gasteiger partial charge in [0.25, 0.3) is 17.8 Å². The zero-order valence-electron chi connectivity index (χ0n) is 17.3. The van der Waals surface area contributed by atoms with E-state index in [0.717, 1.165) is 12.1 Å². The molecular formula is C23H16F3N5O3. The SMILES string of the molecule is O=C(Nc1nc(NC(=O)c2ccccc2)n(-c2ccc(OC(F)(F)F)cc2)n1)c1ccccc1. The topological polar surface area (TPSA) is 98.1 Å². The Morgan fingerprint density at radius 1 is 0.765 bits per heavy atom. The van der Waals surface area contributed by atoms with Crippen LogP contribution in [0.15, 0.2) is 84.9 Å². The smallest absolute Gasteiger partial charge is 0.406 e. The van der Waals surface area contributed by atoms with Crippen molar-refractivity contribution < 1.29 is 27.5 Å². The summed E-state index contributed by atoms with van der Waals surface area (Å²) in [5.74, 6) is -1.57. The van der Waals surface area contributed by atoms with Gasteiger partial charge in [0.1, 0.15) is 5.75 Å². The summed E-state index contributed by atoms with van der Waals surface area (Å²) < 4.78 is 42.4. The summed E-state index contributed by atoms with van der Waals surface area (Å²) in [4.78, 5) is 29.3. The molecule has 0 radical (unpaired) electrons. The molecule has 3 aromatic carbocycles. The zero-order chi connectivity index (χ0) is 24.1. The Balaban J connectivity index is 1.64. The van der Waals surface area contributed by atoms with Gasteiger partial charge in [-0.15, -0.1) is 18.3 Å². The molecule has 0 spiro atoms. The lowest BCUT2D eigenvalue weighted by molar-refractivity contribution is -0.274. The fraction of sp³-hybridized carbons (Fsp3) is 0.0435. The minimum absolute atomic E-state index is 0.0540. The van der Waals surface area contributed by atoms with E-state index in [2.05, 4.69) is 25.5 Å². The number of hydrogen-bond acceptors (Lipinski definition) is 5. The fourth-order valence-electron chi connectivity index (χ4n) is 2.94. The third-order valence-corrected chi connectivity index (χ3v) is 4.44. The minimum Gasteiger partial charge on any atom is -0.406 e. The normalized spacial score (nSPS) is 11.0. The van der Waals surface area contributed by atoms with Crippen molar-refractivity contribution >= 4 is 23.7 Å². The van der Waals surface area contributed by atoms with Crippen LogP contribution in [0.25, 0.3) is 5.69 Å². The highest BCUT2D eigenvalue weighted by atomic mass is 19.4. The molecule has 0 aliphatic heterocycles. The molecule has 0 unspecified atom stereocenters. The molecule has 34 heavy (non-hydrogen) atoms. The second-order valence-electron chi connectivity index (χ2n) is 6.85. The van der Waals surface area contributed by atoms with E-state index in [1.807, 2.05) is 0 Å². The molecule has 4 aromatic rings. The molecule has 2 N–H and O–H groups in total. The summed E-state index contributed by atoms with van der Waals surface area (Å²) in [5.41, 5.74) is 0.980. The fourth-order valence-corrected chi connectivity index (χ4v) is 2.94. The maximum atomic E-state index is 12.6. The van der Waals surface area contributed by atoms with E-state index in [0.29, 0.717) is 11.1 Å². The molecule has 172 valence electrons. The number of benzene rings is 3. The van der Waals surface area contributed by atoms with E-state index >= 15 is 0 Å². The van der Waals surface area contributed by atoms with Crippen molar-refractivity contribution in [1.29, 1.82) is 0 Å². The number of amides is 2. The van der Waals surface area contributed by atoms with Gasteiger partial charge in [0.15, 0.2) is 0 Å². The molecule has 1 heterocycles. The van der Waals surface area contributed by atoms with Gasteiger partial charge in [0.05, 0.1) is 5.69 Å². The molecule has 0 aliphatic rings.